The van der Waals surface area contributed by atoms with E-state index in [1.165, 1.54) is 4.57 Å². The highest BCUT2D eigenvalue weighted by Gasteiger charge is 2.21. The molecular weight excluding hydrogens is 406 g/mol. The van der Waals surface area contributed by atoms with Crippen LogP contribution < -0.4 is 16.6 Å². The van der Waals surface area contributed by atoms with Crippen molar-refractivity contribution in [2.24, 2.45) is 0 Å². The first-order valence-electron chi connectivity index (χ1n) is 9.54. The van der Waals surface area contributed by atoms with Gasteiger partial charge in [0.05, 0.1) is 6.54 Å². The maximum Gasteiger partial charge on any atom is 0.332 e. The highest BCUT2D eigenvalue weighted by molar-refractivity contribution is 6.30. The van der Waals surface area contributed by atoms with E-state index >= 15 is 0 Å². The first-order chi connectivity index (χ1) is 14.3. The van der Waals surface area contributed by atoms with Crippen molar-refractivity contribution >= 4 is 39.6 Å². The molecule has 0 saturated carbocycles. The molecule has 2 aromatic carbocycles. The molecule has 7 nitrogen and oxygen atoms in total. The maximum absolute atomic E-state index is 13.3. The van der Waals surface area contributed by atoms with Gasteiger partial charge in [-0.25, -0.2) is 9.36 Å². The predicted molar refractivity (Wildman–Crippen MR) is 116 cm³/mol. The van der Waals surface area contributed by atoms with Gasteiger partial charge in [-0.2, -0.15) is 0 Å². The monoisotopic (exact) mass is 425 g/mol. The Morgan fingerprint density at radius 2 is 1.87 bits per heavy atom. The lowest BCUT2D eigenvalue weighted by atomic mass is 10.2. The largest absolute Gasteiger partial charge is 0.449 e. The van der Waals surface area contributed by atoms with Crippen LogP contribution in [-0.2, 0) is 17.9 Å². The van der Waals surface area contributed by atoms with Crippen molar-refractivity contribution in [2.75, 3.05) is 0 Å². The summed E-state index contributed by atoms with van der Waals surface area (Å²) < 4.78 is 8.16. The second-order valence-electron chi connectivity index (χ2n) is 7.39. The van der Waals surface area contributed by atoms with Crippen LogP contribution in [0.15, 0.2) is 62.5 Å². The van der Waals surface area contributed by atoms with E-state index < -0.39 is 23.7 Å². The fourth-order valence-corrected chi connectivity index (χ4v) is 3.72. The standard InChI is InChI=1S/C22H20ClN3O4/c1-13(2)24-18(27)12-26-21(28)20-19(16-8-3-4-9-17(16)30-20)25(22(26)29)11-14-6-5-7-15(23)10-14/h3-10,13H,11-12H2,1-2H3,(H,24,27). The molecule has 0 radical (unpaired) electrons. The summed E-state index contributed by atoms with van der Waals surface area (Å²) >= 11 is 6.10. The molecule has 0 bridgehead atoms. The summed E-state index contributed by atoms with van der Waals surface area (Å²) in [7, 11) is 0. The third-order valence-electron chi connectivity index (χ3n) is 4.72. The van der Waals surface area contributed by atoms with E-state index in [4.69, 9.17) is 16.0 Å². The van der Waals surface area contributed by atoms with Crippen molar-refractivity contribution in [1.82, 2.24) is 14.5 Å². The number of furan rings is 1. The van der Waals surface area contributed by atoms with Crippen molar-refractivity contribution in [3.63, 3.8) is 0 Å². The Morgan fingerprint density at radius 1 is 1.10 bits per heavy atom. The molecule has 0 unspecified atom stereocenters. The molecule has 0 aliphatic heterocycles. The number of carbonyl (C=O) groups excluding carboxylic acids is 1. The Morgan fingerprint density at radius 3 is 2.60 bits per heavy atom. The fourth-order valence-electron chi connectivity index (χ4n) is 3.51. The molecule has 4 aromatic rings. The Labute approximate surface area is 176 Å². The molecule has 1 N–H and O–H groups in total. The number of rotatable bonds is 5. The number of aromatic nitrogens is 2. The Balaban J connectivity index is 1.97. The highest BCUT2D eigenvalue weighted by Crippen LogP contribution is 2.26. The molecule has 2 aromatic heterocycles. The molecule has 8 heteroatoms. The Kier molecular flexibility index (Phi) is 5.22. The number of nitrogens with one attached hydrogen (secondary N) is 1. The number of fused-ring (bicyclic) bond motifs is 3. The van der Waals surface area contributed by atoms with E-state index in [1.807, 2.05) is 12.1 Å². The fraction of sp³-hybridized carbons (Fsp3) is 0.227. The first-order valence-corrected chi connectivity index (χ1v) is 9.91. The van der Waals surface area contributed by atoms with Crippen LogP contribution in [-0.4, -0.2) is 21.1 Å². The van der Waals surface area contributed by atoms with Gasteiger partial charge >= 0.3 is 5.69 Å². The maximum atomic E-state index is 13.3. The van der Waals surface area contributed by atoms with E-state index in [0.29, 0.717) is 21.5 Å². The van der Waals surface area contributed by atoms with E-state index in [-0.39, 0.29) is 18.2 Å². The molecule has 4 rings (SSSR count). The lowest BCUT2D eigenvalue weighted by molar-refractivity contribution is -0.122. The lowest BCUT2D eigenvalue weighted by Crippen LogP contribution is -2.44. The number of halogens is 1. The summed E-state index contributed by atoms with van der Waals surface area (Å²) in [5, 5.41) is 3.90. The van der Waals surface area contributed by atoms with Crippen LogP contribution in [0.2, 0.25) is 5.02 Å². The first kappa shape index (κ1) is 20.0. The summed E-state index contributed by atoms with van der Waals surface area (Å²) in [6.45, 7) is 3.39. The van der Waals surface area contributed by atoms with Gasteiger partial charge in [-0.05, 0) is 43.7 Å². The minimum Gasteiger partial charge on any atom is -0.449 e. The van der Waals surface area contributed by atoms with Crippen molar-refractivity contribution in [1.29, 1.82) is 0 Å². The summed E-state index contributed by atoms with van der Waals surface area (Å²) in [4.78, 5) is 38.7. The molecule has 0 aliphatic carbocycles. The van der Waals surface area contributed by atoms with Gasteiger partial charge in [0.2, 0.25) is 11.5 Å². The zero-order chi connectivity index (χ0) is 21.4. The van der Waals surface area contributed by atoms with E-state index in [9.17, 15) is 14.4 Å². The highest BCUT2D eigenvalue weighted by atomic mass is 35.5. The molecule has 2 heterocycles. The van der Waals surface area contributed by atoms with E-state index in [0.717, 1.165) is 10.1 Å². The van der Waals surface area contributed by atoms with Crippen LogP contribution in [0, 0.1) is 0 Å². The van der Waals surface area contributed by atoms with Crippen molar-refractivity contribution in [3.8, 4) is 0 Å². The number of hydrogen-bond acceptors (Lipinski definition) is 4. The third kappa shape index (κ3) is 3.64. The summed E-state index contributed by atoms with van der Waals surface area (Å²) in [5.41, 5.74) is 0.503. The average molecular weight is 426 g/mol. The summed E-state index contributed by atoms with van der Waals surface area (Å²) in [5.74, 6) is -0.422. The third-order valence-corrected chi connectivity index (χ3v) is 4.96. The van der Waals surface area contributed by atoms with Gasteiger partial charge in [0.15, 0.2) is 0 Å². The number of hydrogen-bond donors (Lipinski definition) is 1. The van der Waals surface area contributed by atoms with Crippen LogP contribution >= 0.6 is 11.6 Å². The van der Waals surface area contributed by atoms with Gasteiger partial charge in [-0.15, -0.1) is 0 Å². The molecule has 30 heavy (non-hydrogen) atoms. The molecule has 0 aliphatic rings. The Hall–Kier alpha value is -3.32. The quantitative estimate of drug-likeness (QED) is 0.532. The second kappa shape index (κ2) is 7.84. The SMILES string of the molecule is CC(C)NC(=O)Cn1c(=O)c2oc3ccccc3c2n(Cc2cccc(Cl)c2)c1=O. The minimum atomic E-state index is -0.632. The van der Waals surface area contributed by atoms with Crippen molar-refractivity contribution in [3.05, 3.63) is 80.0 Å². The number of carbonyl (C=O) groups is 1. The van der Waals surface area contributed by atoms with Gasteiger partial charge in [0.25, 0.3) is 5.56 Å². The number of amides is 1. The zero-order valence-electron chi connectivity index (χ0n) is 16.5. The molecule has 0 spiro atoms. The smallest absolute Gasteiger partial charge is 0.332 e. The van der Waals surface area contributed by atoms with E-state index in [2.05, 4.69) is 5.32 Å². The normalized spacial score (nSPS) is 11.5. The van der Waals surface area contributed by atoms with E-state index in [1.54, 1.807) is 50.2 Å². The topological polar surface area (TPSA) is 86.2 Å². The molecule has 154 valence electrons. The molecule has 1 amide bonds. The number of para-hydroxylation sites is 1. The number of benzene rings is 2. The lowest BCUT2D eigenvalue weighted by Gasteiger charge is -2.13. The van der Waals surface area contributed by atoms with Gasteiger partial charge in [0.1, 0.15) is 17.6 Å². The van der Waals surface area contributed by atoms with Gasteiger partial charge in [0, 0.05) is 16.5 Å². The minimum absolute atomic E-state index is 0.0372. The zero-order valence-corrected chi connectivity index (χ0v) is 17.3. The summed E-state index contributed by atoms with van der Waals surface area (Å²) in [6, 6.07) is 14.1. The van der Waals surface area contributed by atoms with Crippen LogP contribution in [0.3, 0.4) is 0 Å². The van der Waals surface area contributed by atoms with Crippen LogP contribution in [0.25, 0.3) is 22.1 Å². The van der Waals surface area contributed by atoms with Gasteiger partial charge < -0.3 is 9.73 Å². The molecule has 0 fully saturated rings. The summed E-state index contributed by atoms with van der Waals surface area (Å²) in [6.07, 6.45) is 0. The van der Waals surface area contributed by atoms with Crippen LogP contribution in [0.4, 0.5) is 0 Å². The van der Waals surface area contributed by atoms with Gasteiger partial charge in [-0.1, -0.05) is 35.9 Å². The second-order valence-corrected chi connectivity index (χ2v) is 7.82. The number of nitrogens with zero attached hydrogens (tertiary/aromatic N) is 2. The van der Waals surface area contributed by atoms with Crippen molar-refractivity contribution < 1.29 is 9.21 Å². The average Bonchev–Trinajstić information content (AvgIpc) is 3.08. The van der Waals surface area contributed by atoms with Crippen LogP contribution in [0.5, 0.6) is 0 Å². The predicted octanol–water partition coefficient (Wildman–Crippen LogP) is 3.14. The Bertz CT molecular complexity index is 1380. The molecule has 0 atom stereocenters. The van der Waals surface area contributed by atoms with Crippen molar-refractivity contribution in [2.45, 2.75) is 33.0 Å². The molecular formula is C22H20ClN3O4. The van der Waals surface area contributed by atoms with Gasteiger partial charge in [-0.3, -0.25) is 14.2 Å². The van der Waals surface area contributed by atoms with Crippen LogP contribution in [0.1, 0.15) is 19.4 Å². The molecule has 0 saturated heterocycles.